The van der Waals surface area contributed by atoms with Crippen LogP contribution in [-0.4, -0.2) is 10.8 Å². The topological polar surface area (TPSA) is 20.5 Å². The van der Waals surface area contributed by atoms with Crippen molar-refractivity contribution in [1.82, 2.24) is 4.57 Å². The van der Waals surface area contributed by atoms with E-state index in [0.717, 1.165) is 16.9 Å². The molecule has 0 amide bonds. The van der Waals surface area contributed by atoms with Gasteiger partial charge in [0.15, 0.2) is 0 Å². The highest BCUT2D eigenvalue weighted by molar-refractivity contribution is 5.84. The molecule has 3 heteroatoms. The molecule has 0 N–H and O–H groups in total. The summed E-state index contributed by atoms with van der Waals surface area (Å²) in [6, 6.07) is 33.0. The van der Waals surface area contributed by atoms with Crippen LogP contribution in [0.2, 0.25) is 0 Å². The average molecular weight is 365 g/mol. The summed E-state index contributed by atoms with van der Waals surface area (Å²) < 4.78 is 2.26. The predicted molar refractivity (Wildman–Crippen MR) is 118 cm³/mol. The van der Waals surface area contributed by atoms with Gasteiger partial charge in [0.05, 0.1) is 17.6 Å². The molecule has 1 heterocycles. The third kappa shape index (κ3) is 3.60. The molecule has 28 heavy (non-hydrogen) atoms. The number of para-hydroxylation sites is 3. The highest BCUT2D eigenvalue weighted by Gasteiger charge is 2.11. The van der Waals surface area contributed by atoms with Gasteiger partial charge in [-0.1, -0.05) is 54.6 Å². The van der Waals surface area contributed by atoms with Crippen LogP contribution in [0.1, 0.15) is 17.0 Å². The number of rotatable bonds is 5. The highest BCUT2D eigenvalue weighted by atomic mass is 15.5. The minimum absolute atomic E-state index is 1.03. The number of hydrazone groups is 1. The van der Waals surface area contributed by atoms with Gasteiger partial charge in [-0.15, -0.1) is 0 Å². The number of benzene rings is 3. The molecule has 3 nitrogen and oxygen atoms in total. The number of nitrogens with zero attached hydrogens (tertiary/aromatic N) is 3. The summed E-state index contributed by atoms with van der Waals surface area (Å²) in [5.74, 6) is 0. The van der Waals surface area contributed by atoms with Crippen LogP contribution in [0.4, 0.5) is 11.4 Å². The van der Waals surface area contributed by atoms with Crippen LogP contribution in [0.5, 0.6) is 0 Å². The summed E-state index contributed by atoms with van der Waals surface area (Å²) in [7, 11) is 0. The second-order valence-electron chi connectivity index (χ2n) is 6.72. The third-order valence-electron chi connectivity index (χ3n) is 4.80. The maximum Gasteiger partial charge on any atom is 0.0652 e. The number of anilines is 2. The first-order valence-electron chi connectivity index (χ1n) is 9.42. The summed E-state index contributed by atoms with van der Waals surface area (Å²) in [6.45, 7) is 4.26. The molecule has 0 saturated carbocycles. The molecule has 4 rings (SSSR count). The third-order valence-corrected chi connectivity index (χ3v) is 4.80. The molecule has 0 unspecified atom stereocenters. The summed E-state index contributed by atoms with van der Waals surface area (Å²) in [6.07, 6.45) is 1.95. The molecule has 0 radical (unpaired) electrons. The van der Waals surface area contributed by atoms with Gasteiger partial charge in [-0.25, -0.2) is 5.01 Å². The minimum atomic E-state index is 1.03. The van der Waals surface area contributed by atoms with Crippen LogP contribution in [0, 0.1) is 13.8 Å². The van der Waals surface area contributed by atoms with Crippen LogP contribution in [0.15, 0.2) is 102 Å². The summed E-state index contributed by atoms with van der Waals surface area (Å²) in [5, 5.41) is 6.81. The first-order chi connectivity index (χ1) is 13.7. The molecule has 0 aliphatic carbocycles. The largest absolute Gasteiger partial charge is 0.318 e. The standard InChI is InChI=1S/C25H23N3/c1-20-18-22(21(2)27(20)23-12-6-3-7-13-23)19-26-28(24-14-8-4-9-15-24)25-16-10-5-11-17-25/h3-19H,1-2H3/b26-19-. The lowest BCUT2D eigenvalue weighted by Crippen LogP contribution is -2.09. The van der Waals surface area contributed by atoms with E-state index in [1.165, 1.54) is 17.1 Å². The molecular formula is C25H23N3. The zero-order valence-corrected chi connectivity index (χ0v) is 16.2. The Bertz CT molecular complexity index is 1030. The van der Waals surface area contributed by atoms with Gasteiger partial charge in [-0.3, -0.25) is 0 Å². The molecule has 0 saturated heterocycles. The minimum Gasteiger partial charge on any atom is -0.318 e. The Kier molecular flexibility index (Phi) is 5.07. The van der Waals surface area contributed by atoms with Gasteiger partial charge in [0, 0.05) is 22.6 Å². The molecule has 1 aromatic heterocycles. The Morgan fingerprint density at radius 2 is 1.21 bits per heavy atom. The quantitative estimate of drug-likeness (QED) is 0.302. The zero-order chi connectivity index (χ0) is 19.3. The Hall–Kier alpha value is -3.59. The lowest BCUT2D eigenvalue weighted by Gasteiger charge is -2.19. The van der Waals surface area contributed by atoms with Crippen molar-refractivity contribution in [2.45, 2.75) is 13.8 Å². The van der Waals surface area contributed by atoms with E-state index in [1.54, 1.807) is 0 Å². The lowest BCUT2D eigenvalue weighted by atomic mass is 10.2. The number of aromatic nitrogens is 1. The first kappa shape index (κ1) is 17.8. The van der Waals surface area contributed by atoms with Crippen molar-refractivity contribution in [2.24, 2.45) is 5.10 Å². The molecule has 0 spiro atoms. The van der Waals surface area contributed by atoms with Crippen LogP contribution >= 0.6 is 0 Å². The van der Waals surface area contributed by atoms with Crippen molar-refractivity contribution in [3.8, 4) is 5.69 Å². The highest BCUT2D eigenvalue weighted by Crippen LogP contribution is 2.26. The molecule has 0 fully saturated rings. The Morgan fingerprint density at radius 1 is 0.714 bits per heavy atom. The molecule has 0 bridgehead atoms. The van der Waals surface area contributed by atoms with Crippen molar-refractivity contribution in [2.75, 3.05) is 5.01 Å². The van der Waals surface area contributed by atoms with Gasteiger partial charge in [0.25, 0.3) is 0 Å². The van der Waals surface area contributed by atoms with E-state index >= 15 is 0 Å². The van der Waals surface area contributed by atoms with Gasteiger partial charge < -0.3 is 4.57 Å². The normalized spacial score (nSPS) is 11.1. The van der Waals surface area contributed by atoms with Crippen LogP contribution in [0.3, 0.4) is 0 Å². The Morgan fingerprint density at radius 3 is 1.75 bits per heavy atom. The van der Waals surface area contributed by atoms with Crippen molar-refractivity contribution in [3.05, 3.63) is 114 Å². The fourth-order valence-corrected chi connectivity index (χ4v) is 3.43. The molecule has 0 aliphatic heterocycles. The maximum absolute atomic E-state index is 4.84. The van der Waals surface area contributed by atoms with E-state index < -0.39 is 0 Å². The molecule has 0 aliphatic rings. The predicted octanol–water partition coefficient (Wildman–Crippen LogP) is 6.27. The van der Waals surface area contributed by atoms with E-state index in [2.05, 4.69) is 73.0 Å². The molecule has 138 valence electrons. The number of hydrogen-bond donors (Lipinski definition) is 0. The van der Waals surface area contributed by atoms with E-state index in [0.29, 0.717) is 0 Å². The summed E-state index contributed by atoms with van der Waals surface area (Å²) in [5.41, 5.74) is 6.70. The fourth-order valence-electron chi connectivity index (χ4n) is 3.43. The van der Waals surface area contributed by atoms with Crippen LogP contribution in [0.25, 0.3) is 5.69 Å². The van der Waals surface area contributed by atoms with E-state index in [9.17, 15) is 0 Å². The Labute approximate surface area is 166 Å². The van der Waals surface area contributed by atoms with E-state index in [1.807, 2.05) is 53.7 Å². The van der Waals surface area contributed by atoms with Crippen LogP contribution < -0.4 is 5.01 Å². The second-order valence-corrected chi connectivity index (χ2v) is 6.72. The van der Waals surface area contributed by atoms with Gasteiger partial charge >= 0.3 is 0 Å². The SMILES string of the molecule is Cc1cc(/C=N\N(c2ccccc2)c2ccccc2)c(C)n1-c1ccccc1. The van der Waals surface area contributed by atoms with Gasteiger partial charge in [-0.2, -0.15) is 5.10 Å². The summed E-state index contributed by atoms with van der Waals surface area (Å²) in [4.78, 5) is 0. The number of hydrogen-bond acceptors (Lipinski definition) is 2. The van der Waals surface area contributed by atoms with Gasteiger partial charge in [0.2, 0.25) is 0 Å². The maximum atomic E-state index is 4.84. The van der Waals surface area contributed by atoms with Crippen molar-refractivity contribution >= 4 is 17.6 Å². The van der Waals surface area contributed by atoms with Crippen molar-refractivity contribution < 1.29 is 0 Å². The first-order valence-corrected chi connectivity index (χ1v) is 9.42. The molecule has 0 atom stereocenters. The molecule has 3 aromatic carbocycles. The smallest absolute Gasteiger partial charge is 0.0652 e. The Balaban J connectivity index is 1.72. The van der Waals surface area contributed by atoms with Crippen molar-refractivity contribution in [1.29, 1.82) is 0 Å². The number of aryl methyl sites for hydroxylation is 1. The monoisotopic (exact) mass is 365 g/mol. The molecule has 4 aromatic rings. The van der Waals surface area contributed by atoms with Gasteiger partial charge in [0.1, 0.15) is 0 Å². The summed E-state index contributed by atoms with van der Waals surface area (Å²) >= 11 is 0. The van der Waals surface area contributed by atoms with E-state index in [4.69, 9.17) is 5.10 Å². The van der Waals surface area contributed by atoms with Crippen molar-refractivity contribution in [3.63, 3.8) is 0 Å². The average Bonchev–Trinajstić information content (AvgIpc) is 3.03. The lowest BCUT2D eigenvalue weighted by molar-refractivity contribution is 0.964. The van der Waals surface area contributed by atoms with Crippen LogP contribution in [-0.2, 0) is 0 Å². The van der Waals surface area contributed by atoms with E-state index in [-0.39, 0.29) is 0 Å². The molecular weight excluding hydrogens is 342 g/mol. The second kappa shape index (κ2) is 7.97. The zero-order valence-electron chi connectivity index (χ0n) is 16.2. The van der Waals surface area contributed by atoms with Gasteiger partial charge in [-0.05, 0) is 56.3 Å². The fraction of sp³-hybridized carbons (Fsp3) is 0.0800.